The van der Waals surface area contributed by atoms with Gasteiger partial charge in [-0.25, -0.2) is 9.78 Å². The van der Waals surface area contributed by atoms with E-state index in [-0.39, 0.29) is 24.9 Å². The van der Waals surface area contributed by atoms with Gasteiger partial charge in [-0.05, 0) is 25.1 Å². The van der Waals surface area contributed by atoms with Crippen LogP contribution in [0.3, 0.4) is 0 Å². The highest BCUT2D eigenvalue weighted by atomic mass is 32.1. The van der Waals surface area contributed by atoms with E-state index >= 15 is 0 Å². The van der Waals surface area contributed by atoms with E-state index in [1.165, 1.54) is 29.5 Å². The quantitative estimate of drug-likeness (QED) is 0.622. The molecule has 3 N–H and O–H groups in total. The van der Waals surface area contributed by atoms with Crippen LogP contribution in [0.1, 0.15) is 17.3 Å². The van der Waals surface area contributed by atoms with Gasteiger partial charge < -0.3 is 15.2 Å². The zero-order valence-corrected chi connectivity index (χ0v) is 12.7. The number of anilines is 2. The van der Waals surface area contributed by atoms with Gasteiger partial charge in [-0.2, -0.15) is 0 Å². The summed E-state index contributed by atoms with van der Waals surface area (Å²) in [5, 5.41) is 4.82. The van der Waals surface area contributed by atoms with E-state index in [0.717, 1.165) is 0 Å². The highest BCUT2D eigenvalue weighted by molar-refractivity contribution is 7.13. The van der Waals surface area contributed by atoms with Crippen LogP contribution in [0.15, 0.2) is 29.8 Å². The monoisotopic (exact) mass is 321 g/mol. The molecule has 0 unspecified atom stereocenters. The molecule has 2 rings (SSSR count). The van der Waals surface area contributed by atoms with Gasteiger partial charge in [-0.15, -0.1) is 11.3 Å². The first-order valence-corrected chi connectivity index (χ1v) is 7.37. The van der Waals surface area contributed by atoms with Gasteiger partial charge in [0.15, 0.2) is 11.7 Å². The zero-order chi connectivity index (χ0) is 15.9. The van der Waals surface area contributed by atoms with Crippen LogP contribution in [0.25, 0.3) is 0 Å². The number of nitrogen functional groups attached to an aromatic ring is 1. The maximum absolute atomic E-state index is 11.7. The third kappa shape index (κ3) is 4.19. The molecule has 0 aliphatic heterocycles. The number of aromatic nitrogens is 1. The summed E-state index contributed by atoms with van der Waals surface area (Å²) in [7, 11) is 0. The van der Waals surface area contributed by atoms with Gasteiger partial charge in [-0.3, -0.25) is 10.1 Å². The van der Waals surface area contributed by atoms with Gasteiger partial charge in [0.25, 0.3) is 5.91 Å². The Balaban J connectivity index is 1.98. The first kappa shape index (κ1) is 15.8. The number of carbonyl (C=O) groups excluding carboxylic acids is 2. The molecular weight excluding hydrogens is 306 g/mol. The molecule has 116 valence electrons. The van der Waals surface area contributed by atoms with Crippen LogP contribution in [0.2, 0.25) is 0 Å². The fourth-order valence-corrected chi connectivity index (χ4v) is 2.13. The molecular formula is C14H15N3O4S. The van der Waals surface area contributed by atoms with Crippen molar-refractivity contribution in [2.75, 3.05) is 24.3 Å². The van der Waals surface area contributed by atoms with E-state index in [0.29, 0.717) is 16.4 Å². The fraction of sp³-hybridized carbons (Fsp3) is 0.214. The SMILES string of the molecule is CCOC(=O)c1ccc(N)c(OCC(=O)Nc2nccs2)c1. The fourth-order valence-electron chi connectivity index (χ4n) is 1.58. The Morgan fingerprint density at radius 2 is 2.23 bits per heavy atom. The maximum Gasteiger partial charge on any atom is 0.338 e. The number of carbonyl (C=O) groups is 2. The van der Waals surface area contributed by atoms with E-state index in [1.807, 2.05) is 0 Å². The van der Waals surface area contributed by atoms with Gasteiger partial charge >= 0.3 is 5.97 Å². The Hall–Kier alpha value is -2.61. The van der Waals surface area contributed by atoms with Crippen molar-refractivity contribution >= 4 is 34.0 Å². The summed E-state index contributed by atoms with van der Waals surface area (Å²) in [6.07, 6.45) is 1.59. The normalized spacial score (nSPS) is 10.0. The molecule has 2 aromatic rings. The van der Waals surface area contributed by atoms with Gasteiger partial charge in [0, 0.05) is 11.6 Å². The van der Waals surface area contributed by atoms with E-state index in [4.69, 9.17) is 15.2 Å². The van der Waals surface area contributed by atoms with Crippen LogP contribution in [-0.4, -0.2) is 30.1 Å². The zero-order valence-electron chi connectivity index (χ0n) is 11.9. The van der Waals surface area contributed by atoms with E-state index < -0.39 is 5.97 Å². The van der Waals surface area contributed by atoms with Crippen molar-refractivity contribution in [3.8, 4) is 5.75 Å². The van der Waals surface area contributed by atoms with Crippen molar-refractivity contribution in [3.63, 3.8) is 0 Å². The van der Waals surface area contributed by atoms with Crippen LogP contribution < -0.4 is 15.8 Å². The van der Waals surface area contributed by atoms with Crippen LogP contribution >= 0.6 is 11.3 Å². The van der Waals surface area contributed by atoms with E-state index in [9.17, 15) is 9.59 Å². The summed E-state index contributed by atoms with van der Waals surface area (Å²) in [5.41, 5.74) is 6.41. The molecule has 1 heterocycles. The number of hydrogen-bond donors (Lipinski definition) is 2. The Labute approximate surface area is 131 Å². The Bertz CT molecular complexity index is 658. The molecule has 0 spiro atoms. The Kier molecular flexibility index (Phi) is 5.31. The third-order valence-electron chi connectivity index (χ3n) is 2.56. The predicted octanol–water partition coefficient (Wildman–Crippen LogP) is 1.92. The van der Waals surface area contributed by atoms with Gasteiger partial charge in [0.05, 0.1) is 17.9 Å². The molecule has 0 fully saturated rings. The lowest BCUT2D eigenvalue weighted by molar-refractivity contribution is -0.118. The topological polar surface area (TPSA) is 104 Å². The number of hydrogen-bond acceptors (Lipinski definition) is 7. The number of rotatable bonds is 6. The molecule has 22 heavy (non-hydrogen) atoms. The summed E-state index contributed by atoms with van der Waals surface area (Å²) in [5.74, 6) is -0.588. The minimum Gasteiger partial charge on any atom is -0.482 e. The third-order valence-corrected chi connectivity index (χ3v) is 3.25. The lowest BCUT2D eigenvalue weighted by atomic mass is 10.2. The minimum absolute atomic E-state index is 0.240. The number of ether oxygens (including phenoxy) is 2. The summed E-state index contributed by atoms with van der Waals surface area (Å²) in [6.45, 7) is 1.75. The standard InChI is InChI=1S/C14H15N3O4S/c1-2-20-13(19)9-3-4-10(15)11(7-9)21-8-12(18)17-14-16-5-6-22-14/h3-7H,2,8,15H2,1H3,(H,16,17,18). The minimum atomic E-state index is -0.473. The molecule has 1 aromatic heterocycles. The first-order chi connectivity index (χ1) is 10.6. The molecule has 8 heteroatoms. The molecule has 0 atom stereocenters. The molecule has 7 nitrogen and oxygen atoms in total. The lowest BCUT2D eigenvalue weighted by Crippen LogP contribution is -2.20. The van der Waals surface area contributed by atoms with Crippen molar-refractivity contribution in [1.82, 2.24) is 4.98 Å². The molecule has 1 aromatic carbocycles. The van der Waals surface area contributed by atoms with Gasteiger partial charge in [0.1, 0.15) is 5.75 Å². The van der Waals surface area contributed by atoms with Crippen molar-refractivity contribution in [2.45, 2.75) is 6.92 Å². The second kappa shape index (κ2) is 7.41. The number of nitrogens with two attached hydrogens (primary N) is 1. The summed E-state index contributed by atoms with van der Waals surface area (Å²) in [6, 6.07) is 4.51. The number of esters is 1. The maximum atomic E-state index is 11.7. The smallest absolute Gasteiger partial charge is 0.338 e. The van der Waals surface area contributed by atoms with Crippen molar-refractivity contribution in [2.24, 2.45) is 0 Å². The molecule has 0 saturated heterocycles. The second-order valence-electron chi connectivity index (χ2n) is 4.15. The first-order valence-electron chi connectivity index (χ1n) is 6.49. The van der Waals surface area contributed by atoms with Crippen LogP contribution in [-0.2, 0) is 9.53 Å². The van der Waals surface area contributed by atoms with Crippen LogP contribution in [0, 0.1) is 0 Å². The highest BCUT2D eigenvalue weighted by Gasteiger charge is 2.12. The number of nitrogens with zero attached hydrogens (tertiary/aromatic N) is 1. The molecule has 0 radical (unpaired) electrons. The van der Waals surface area contributed by atoms with Gasteiger partial charge in [-0.1, -0.05) is 0 Å². The Morgan fingerprint density at radius 1 is 1.41 bits per heavy atom. The molecule has 1 amide bonds. The summed E-state index contributed by atoms with van der Waals surface area (Å²) in [4.78, 5) is 27.3. The largest absolute Gasteiger partial charge is 0.482 e. The van der Waals surface area contributed by atoms with Crippen LogP contribution in [0.5, 0.6) is 5.75 Å². The predicted molar refractivity (Wildman–Crippen MR) is 83.0 cm³/mol. The average molecular weight is 321 g/mol. The lowest BCUT2D eigenvalue weighted by Gasteiger charge is -2.10. The number of amides is 1. The Morgan fingerprint density at radius 3 is 2.91 bits per heavy atom. The molecule has 0 bridgehead atoms. The van der Waals surface area contributed by atoms with E-state index in [1.54, 1.807) is 18.5 Å². The van der Waals surface area contributed by atoms with Gasteiger partial charge in [0.2, 0.25) is 0 Å². The number of benzene rings is 1. The number of nitrogens with one attached hydrogen (secondary N) is 1. The van der Waals surface area contributed by atoms with Crippen molar-refractivity contribution < 1.29 is 19.1 Å². The van der Waals surface area contributed by atoms with Crippen molar-refractivity contribution in [1.29, 1.82) is 0 Å². The van der Waals surface area contributed by atoms with Crippen LogP contribution in [0.4, 0.5) is 10.8 Å². The second-order valence-corrected chi connectivity index (χ2v) is 5.04. The molecule has 0 aliphatic rings. The summed E-state index contributed by atoms with van der Waals surface area (Å²) >= 11 is 1.30. The van der Waals surface area contributed by atoms with Crippen molar-refractivity contribution in [3.05, 3.63) is 35.3 Å². The average Bonchev–Trinajstić information content (AvgIpc) is 2.99. The molecule has 0 saturated carbocycles. The number of thiazole rings is 1. The highest BCUT2D eigenvalue weighted by Crippen LogP contribution is 2.23. The summed E-state index contributed by atoms with van der Waals surface area (Å²) < 4.78 is 10.2. The van der Waals surface area contributed by atoms with E-state index in [2.05, 4.69) is 10.3 Å². The molecule has 0 aliphatic carbocycles.